The quantitative estimate of drug-likeness (QED) is 0.711. The summed E-state index contributed by atoms with van der Waals surface area (Å²) in [5.74, 6) is -1.13. The molecule has 0 bridgehead atoms. The maximum absolute atomic E-state index is 12.3. The van der Waals surface area contributed by atoms with Crippen LogP contribution in [0.5, 0.6) is 0 Å². The lowest BCUT2D eigenvalue weighted by Gasteiger charge is -2.35. The first-order valence-electron chi connectivity index (χ1n) is 6.45. The molecule has 1 atom stereocenters. The van der Waals surface area contributed by atoms with Crippen LogP contribution in [0, 0.1) is 5.92 Å². The van der Waals surface area contributed by atoms with Gasteiger partial charge >= 0.3 is 12.1 Å². The Morgan fingerprint density at radius 3 is 2.32 bits per heavy atom. The van der Waals surface area contributed by atoms with E-state index in [4.69, 9.17) is 0 Å². The minimum atomic E-state index is -4.31. The molecule has 0 aromatic heterocycles. The predicted molar refractivity (Wildman–Crippen MR) is 64.9 cm³/mol. The van der Waals surface area contributed by atoms with Gasteiger partial charge in [-0.2, -0.15) is 13.2 Å². The zero-order valence-corrected chi connectivity index (χ0v) is 11.3. The number of rotatable bonds is 8. The lowest BCUT2D eigenvalue weighted by atomic mass is 9.92. The van der Waals surface area contributed by atoms with Crippen molar-refractivity contribution in [1.82, 2.24) is 10.2 Å². The molecule has 1 aliphatic carbocycles. The average molecular weight is 282 g/mol. The van der Waals surface area contributed by atoms with E-state index >= 15 is 0 Å². The third kappa shape index (κ3) is 4.65. The number of nitrogens with zero attached hydrogens (tertiary/aromatic N) is 1. The van der Waals surface area contributed by atoms with Crippen molar-refractivity contribution in [3.63, 3.8) is 0 Å². The minimum Gasteiger partial charge on any atom is -0.480 e. The maximum atomic E-state index is 12.3. The summed E-state index contributed by atoms with van der Waals surface area (Å²) in [5, 5.41) is 12.4. The first-order valence-corrected chi connectivity index (χ1v) is 6.45. The van der Waals surface area contributed by atoms with E-state index in [1.165, 1.54) is 7.05 Å². The van der Waals surface area contributed by atoms with Gasteiger partial charge in [0, 0.05) is 6.54 Å². The number of aliphatic carboxylic acids is 1. The summed E-state index contributed by atoms with van der Waals surface area (Å²) in [6, 6.07) is 0. The predicted octanol–water partition coefficient (Wildman–Crippen LogP) is 1.71. The molecule has 0 aromatic rings. The highest BCUT2D eigenvalue weighted by atomic mass is 19.4. The molecule has 1 rings (SSSR count). The van der Waals surface area contributed by atoms with Crippen molar-refractivity contribution in [2.75, 3.05) is 26.7 Å². The first-order chi connectivity index (χ1) is 8.71. The van der Waals surface area contributed by atoms with Crippen LogP contribution in [-0.2, 0) is 4.79 Å². The van der Waals surface area contributed by atoms with Crippen LogP contribution in [0.25, 0.3) is 0 Å². The van der Waals surface area contributed by atoms with Crippen molar-refractivity contribution in [2.45, 2.75) is 37.9 Å². The van der Waals surface area contributed by atoms with Crippen molar-refractivity contribution in [3.8, 4) is 0 Å². The number of likely N-dealkylation sites (N-methyl/N-ethyl adjacent to an activating group) is 1. The van der Waals surface area contributed by atoms with Gasteiger partial charge in [0.1, 0.15) is 5.54 Å². The largest absolute Gasteiger partial charge is 0.480 e. The summed E-state index contributed by atoms with van der Waals surface area (Å²) in [6.07, 6.45) is -2.07. The highest BCUT2D eigenvalue weighted by Crippen LogP contribution is 2.40. The summed E-state index contributed by atoms with van der Waals surface area (Å²) in [7, 11) is 1.31. The summed E-state index contributed by atoms with van der Waals surface area (Å²) in [5.41, 5.74) is -1.25. The van der Waals surface area contributed by atoms with Gasteiger partial charge in [-0.3, -0.25) is 9.69 Å². The fourth-order valence-electron chi connectivity index (χ4n) is 2.36. The van der Waals surface area contributed by atoms with Crippen LogP contribution in [0.15, 0.2) is 0 Å². The Morgan fingerprint density at radius 1 is 1.37 bits per heavy atom. The number of carbonyl (C=O) groups is 1. The van der Waals surface area contributed by atoms with Crippen LogP contribution < -0.4 is 5.32 Å². The molecule has 0 heterocycles. The average Bonchev–Trinajstić information content (AvgIpc) is 3.04. The Morgan fingerprint density at radius 2 is 1.95 bits per heavy atom. The van der Waals surface area contributed by atoms with Gasteiger partial charge in [0.2, 0.25) is 0 Å². The van der Waals surface area contributed by atoms with Gasteiger partial charge in [0.25, 0.3) is 0 Å². The SMILES string of the molecule is CCCNC(CN(C)CC(F)(F)F)(C(=O)O)C1CC1. The van der Waals surface area contributed by atoms with Crippen molar-refractivity contribution in [3.05, 3.63) is 0 Å². The molecule has 0 spiro atoms. The van der Waals surface area contributed by atoms with Crippen LogP contribution in [0.1, 0.15) is 26.2 Å². The summed E-state index contributed by atoms with van der Waals surface area (Å²) in [6.45, 7) is 1.16. The van der Waals surface area contributed by atoms with Crippen molar-refractivity contribution >= 4 is 5.97 Å². The second-order valence-corrected chi connectivity index (χ2v) is 5.27. The van der Waals surface area contributed by atoms with Gasteiger partial charge in [-0.05, 0) is 38.8 Å². The van der Waals surface area contributed by atoms with Gasteiger partial charge in [-0.1, -0.05) is 6.92 Å². The van der Waals surface area contributed by atoms with Crippen LogP contribution in [0.2, 0.25) is 0 Å². The Balaban J connectivity index is 2.75. The summed E-state index contributed by atoms with van der Waals surface area (Å²) >= 11 is 0. The molecule has 0 saturated heterocycles. The molecule has 4 nitrogen and oxygen atoms in total. The van der Waals surface area contributed by atoms with Crippen molar-refractivity contribution in [1.29, 1.82) is 0 Å². The minimum absolute atomic E-state index is 0.0766. The van der Waals surface area contributed by atoms with Crippen LogP contribution in [0.3, 0.4) is 0 Å². The molecular weight excluding hydrogens is 261 g/mol. The van der Waals surface area contributed by atoms with Crippen LogP contribution >= 0.6 is 0 Å². The number of carboxylic acids is 1. The topological polar surface area (TPSA) is 52.6 Å². The Bertz CT molecular complexity index is 319. The van der Waals surface area contributed by atoms with Crippen LogP contribution in [-0.4, -0.2) is 54.4 Å². The molecule has 1 saturated carbocycles. The number of hydrogen-bond donors (Lipinski definition) is 2. The monoisotopic (exact) mass is 282 g/mol. The number of carboxylic acid groups (broad SMARTS) is 1. The van der Waals surface area contributed by atoms with Crippen LogP contribution in [0.4, 0.5) is 13.2 Å². The Kier molecular flexibility index (Phi) is 5.20. The van der Waals surface area contributed by atoms with Gasteiger partial charge in [-0.25, -0.2) is 0 Å². The third-order valence-corrected chi connectivity index (χ3v) is 3.31. The Labute approximate surface area is 111 Å². The molecule has 19 heavy (non-hydrogen) atoms. The van der Waals surface area contributed by atoms with E-state index in [1.54, 1.807) is 0 Å². The van der Waals surface area contributed by atoms with E-state index < -0.39 is 24.2 Å². The molecule has 0 aliphatic heterocycles. The third-order valence-electron chi connectivity index (χ3n) is 3.31. The van der Waals surface area contributed by atoms with E-state index in [2.05, 4.69) is 5.32 Å². The smallest absolute Gasteiger partial charge is 0.401 e. The lowest BCUT2D eigenvalue weighted by Crippen LogP contribution is -2.61. The molecule has 0 amide bonds. The van der Waals surface area contributed by atoms with E-state index in [0.29, 0.717) is 6.54 Å². The van der Waals surface area contributed by atoms with Crippen molar-refractivity contribution in [2.24, 2.45) is 5.92 Å². The molecule has 1 aliphatic rings. The van der Waals surface area contributed by atoms with E-state index in [9.17, 15) is 23.1 Å². The Hall–Kier alpha value is -0.820. The number of nitrogens with one attached hydrogen (secondary N) is 1. The molecule has 2 N–H and O–H groups in total. The van der Waals surface area contributed by atoms with Gasteiger partial charge < -0.3 is 10.4 Å². The van der Waals surface area contributed by atoms with Crippen molar-refractivity contribution < 1.29 is 23.1 Å². The molecule has 1 unspecified atom stereocenters. The second kappa shape index (κ2) is 6.09. The normalized spacial score (nSPS) is 19.5. The van der Waals surface area contributed by atoms with Gasteiger partial charge in [0.05, 0.1) is 6.54 Å². The fraction of sp³-hybridized carbons (Fsp3) is 0.917. The first kappa shape index (κ1) is 16.2. The lowest BCUT2D eigenvalue weighted by molar-refractivity contribution is -0.155. The van der Waals surface area contributed by atoms with E-state index in [0.717, 1.165) is 24.2 Å². The number of halogens is 3. The number of hydrogen-bond acceptors (Lipinski definition) is 3. The molecule has 112 valence electrons. The fourth-order valence-corrected chi connectivity index (χ4v) is 2.36. The standard InChI is InChI=1S/C12H21F3N2O2/c1-3-6-16-11(10(18)19,9-4-5-9)7-17(2)8-12(13,14)15/h9,16H,3-8H2,1-2H3,(H,18,19). The molecule has 0 aromatic carbocycles. The van der Waals surface area contributed by atoms with E-state index in [1.807, 2.05) is 6.92 Å². The highest BCUT2D eigenvalue weighted by molar-refractivity contribution is 5.80. The zero-order chi connectivity index (χ0) is 14.7. The highest BCUT2D eigenvalue weighted by Gasteiger charge is 2.51. The molecular formula is C12H21F3N2O2. The van der Waals surface area contributed by atoms with Gasteiger partial charge in [0.15, 0.2) is 0 Å². The summed E-state index contributed by atoms with van der Waals surface area (Å²) < 4.78 is 37.0. The second-order valence-electron chi connectivity index (χ2n) is 5.27. The molecule has 0 radical (unpaired) electrons. The van der Waals surface area contributed by atoms with Gasteiger partial charge in [-0.15, -0.1) is 0 Å². The van der Waals surface area contributed by atoms with E-state index in [-0.39, 0.29) is 12.5 Å². The maximum Gasteiger partial charge on any atom is 0.401 e. The summed E-state index contributed by atoms with van der Waals surface area (Å²) in [4.78, 5) is 12.6. The zero-order valence-electron chi connectivity index (χ0n) is 11.3. The molecule has 1 fully saturated rings. The number of alkyl halides is 3. The molecule has 7 heteroatoms.